The zero-order valence-corrected chi connectivity index (χ0v) is 32.4. The summed E-state index contributed by atoms with van der Waals surface area (Å²) in [7, 11) is 0. The van der Waals surface area contributed by atoms with Crippen LogP contribution in [0.25, 0.3) is 0 Å². The number of hydrogen-bond acceptors (Lipinski definition) is 11. The number of rotatable bonds is 9. The SMILES string of the molecule is N#Cc1ccc(OC2CCC(NC(=O)c3ccc(N4CCC(CN5CCC(c6ccc7c(c6)C(=O)N(C6CCC(=O)NC6=O)C7=O)CC5)CC4)nn3)CC2)cc1Cl. The maximum Gasteiger partial charge on any atom is 0.272 e. The number of carbonyl (C=O) groups is 5. The number of ether oxygens (including phenoxy) is 1. The third kappa shape index (κ3) is 8.36. The van der Waals surface area contributed by atoms with E-state index in [9.17, 15) is 24.0 Å². The van der Waals surface area contributed by atoms with Gasteiger partial charge in [0.25, 0.3) is 17.7 Å². The second kappa shape index (κ2) is 16.6. The van der Waals surface area contributed by atoms with Crippen LogP contribution in [-0.2, 0) is 9.59 Å². The molecule has 2 aromatic carbocycles. The van der Waals surface area contributed by atoms with Gasteiger partial charge in [-0.25, -0.2) is 0 Å². The average molecular weight is 793 g/mol. The van der Waals surface area contributed by atoms with Gasteiger partial charge in [0, 0.05) is 38.2 Å². The normalized spacial score (nSPS) is 23.5. The van der Waals surface area contributed by atoms with E-state index in [1.165, 1.54) is 0 Å². The number of likely N-dealkylation sites (tertiary alicyclic amines) is 1. The number of nitriles is 1. The molecule has 1 atom stereocenters. The number of imide groups is 2. The molecule has 296 valence electrons. The fourth-order valence-electron chi connectivity index (χ4n) is 8.95. The topological polar surface area (TPSA) is 178 Å². The second-order valence-corrected chi connectivity index (χ2v) is 16.3. The molecule has 5 amide bonds. The molecule has 3 aromatic rings. The van der Waals surface area contributed by atoms with Crippen molar-refractivity contribution in [3.63, 3.8) is 0 Å². The summed E-state index contributed by atoms with van der Waals surface area (Å²) in [6.45, 7) is 4.68. The van der Waals surface area contributed by atoms with Gasteiger partial charge in [-0.1, -0.05) is 17.7 Å². The molecule has 1 saturated carbocycles. The van der Waals surface area contributed by atoms with Gasteiger partial charge in [-0.3, -0.25) is 34.2 Å². The van der Waals surface area contributed by atoms with Crippen molar-refractivity contribution in [2.24, 2.45) is 5.92 Å². The fourth-order valence-corrected chi connectivity index (χ4v) is 9.17. The van der Waals surface area contributed by atoms with Gasteiger partial charge in [-0.15, -0.1) is 10.2 Å². The first-order valence-corrected chi connectivity index (χ1v) is 20.3. The summed E-state index contributed by atoms with van der Waals surface area (Å²) >= 11 is 6.14. The monoisotopic (exact) mass is 792 g/mol. The first-order valence-electron chi connectivity index (χ1n) is 20.0. The summed E-state index contributed by atoms with van der Waals surface area (Å²) in [4.78, 5) is 69.3. The van der Waals surface area contributed by atoms with E-state index < -0.39 is 23.8 Å². The van der Waals surface area contributed by atoms with Gasteiger partial charge in [-0.2, -0.15) is 5.26 Å². The highest BCUT2D eigenvalue weighted by Crippen LogP contribution is 2.35. The molecule has 0 bridgehead atoms. The highest BCUT2D eigenvalue weighted by atomic mass is 35.5. The summed E-state index contributed by atoms with van der Waals surface area (Å²) < 4.78 is 6.08. The van der Waals surface area contributed by atoms with E-state index in [0.717, 1.165) is 100 Å². The number of fused-ring (bicyclic) bond motifs is 1. The van der Waals surface area contributed by atoms with E-state index in [1.54, 1.807) is 30.3 Å². The van der Waals surface area contributed by atoms with Crippen molar-refractivity contribution in [2.45, 2.75) is 88.3 Å². The first-order chi connectivity index (χ1) is 27.6. The molecule has 2 N–H and O–H groups in total. The Morgan fingerprint density at radius 1 is 0.860 bits per heavy atom. The summed E-state index contributed by atoms with van der Waals surface area (Å²) in [5.74, 6) is 0.109. The summed E-state index contributed by atoms with van der Waals surface area (Å²) in [5, 5.41) is 23.5. The molecule has 5 aliphatic rings. The molecule has 15 heteroatoms. The second-order valence-electron chi connectivity index (χ2n) is 15.9. The maximum atomic E-state index is 13.3. The molecule has 1 unspecified atom stereocenters. The van der Waals surface area contributed by atoms with Crippen LogP contribution in [0.4, 0.5) is 5.82 Å². The molecule has 5 heterocycles. The smallest absolute Gasteiger partial charge is 0.272 e. The molecule has 0 spiro atoms. The molecule has 4 aliphatic heterocycles. The lowest BCUT2D eigenvalue weighted by Crippen LogP contribution is -2.54. The number of halogens is 1. The molecular formula is C42H45ClN8O6. The number of anilines is 1. The predicted octanol–water partition coefficient (Wildman–Crippen LogP) is 4.62. The number of amides is 5. The molecule has 1 aromatic heterocycles. The standard InChI is InChI=1S/C42H45ClN8O6/c43-34-22-31(5-1-28(34)23-44)57-30-6-3-29(4-7-30)45-39(53)35-9-11-37(48-47-35)50-19-13-25(14-20-50)24-49-17-15-26(16-18-49)27-2-8-32-33(21-27)42(56)51(41(32)55)36-10-12-38(52)46-40(36)54/h1-2,5,8-9,11,21-22,25-26,29-30,36H,3-4,6-7,10,12-20,24H2,(H,45,53)(H,46,52,54). The van der Waals surface area contributed by atoms with Gasteiger partial charge < -0.3 is 19.9 Å². The number of carbonyl (C=O) groups excluding carboxylic acids is 5. The van der Waals surface area contributed by atoms with Crippen molar-refractivity contribution in [3.05, 3.63) is 81.5 Å². The molecule has 3 saturated heterocycles. The zero-order valence-electron chi connectivity index (χ0n) is 31.6. The Morgan fingerprint density at radius 3 is 2.30 bits per heavy atom. The molecule has 57 heavy (non-hydrogen) atoms. The third-order valence-electron chi connectivity index (χ3n) is 12.2. The van der Waals surface area contributed by atoms with Crippen LogP contribution in [0, 0.1) is 17.2 Å². The molecule has 14 nitrogen and oxygen atoms in total. The Labute approximate surface area is 335 Å². The van der Waals surface area contributed by atoms with Crippen LogP contribution >= 0.6 is 11.6 Å². The minimum atomic E-state index is -0.964. The van der Waals surface area contributed by atoms with Gasteiger partial charge in [-0.05, 0) is 125 Å². The lowest BCUT2D eigenvalue weighted by molar-refractivity contribution is -0.136. The van der Waals surface area contributed by atoms with Crippen LogP contribution in [0.2, 0.25) is 5.02 Å². The van der Waals surface area contributed by atoms with Gasteiger partial charge in [0.15, 0.2) is 11.5 Å². The van der Waals surface area contributed by atoms with E-state index in [4.69, 9.17) is 21.6 Å². The average Bonchev–Trinajstić information content (AvgIpc) is 3.47. The Hall–Kier alpha value is -5.39. The number of nitrogens with zero attached hydrogens (tertiary/aromatic N) is 6. The van der Waals surface area contributed by atoms with Crippen molar-refractivity contribution in [1.82, 2.24) is 30.6 Å². The summed E-state index contributed by atoms with van der Waals surface area (Å²) in [6, 6.07) is 15.3. The largest absolute Gasteiger partial charge is 0.490 e. The minimum absolute atomic E-state index is 0.0202. The quantitative estimate of drug-likeness (QED) is 0.289. The van der Waals surface area contributed by atoms with Gasteiger partial charge >= 0.3 is 0 Å². The van der Waals surface area contributed by atoms with Gasteiger partial charge in [0.1, 0.15) is 17.9 Å². The Bertz CT molecular complexity index is 2100. The van der Waals surface area contributed by atoms with Crippen molar-refractivity contribution in [3.8, 4) is 11.8 Å². The van der Waals surface area contributed by atoms with Crippen molar-refractivity contribution < 1.29 is 28.7 Å². The minimum Gasteiger partial charge on any atom is -0.490 e. The molecule has 1 aliphatic carbocycles. The van der Waals surface area contributed by atoms with Crippen LogP contribution < -0.4 is 20.3 Å². The van der Waals surface area contributed by atoms with Crippen LogP contribution in [0.3, 0.4) is 0 Å². The Kier molecular flexibility index (Phi) is 11.2. The first kappa shape index (κ1) is 38.5. The number of hydrogen-bond donors (Lipinski definition) is 2. The fraction of sp³-hybridized carbons (Fsp3) is 0.476. The van der Waals surface area contributed by atoms with Crippen LogP contribution in [0.1, 0.15) is 112 Å². The van der Waals surface area contributed by atoms with Crippen LogP contribution in [-0.4, -0.2) is 100 Å². The van der Waals surface area contributed by atoms with Crippen molar-refractivity contribution in [2.75, 3.05) is 37.6 Å². The number of nitrogens with one attached hydrogen (secondary N) is 2. The van der Waals surface area contributed by atoms with Crippen LogP contribution in [0.15, 0.2) is 48.5 Å². The van der Waals surface area contributed by atoms with E-state index in [2.05, 4.69) is 36.7 Å². The highest BCUT2D eigenvalue weighted by molar-refractivity contribution is 6.31. The molecule has 8 rings (SSSR count). The van der Waals surface area contributed by atoms with E-state index >= 15 is 0 Å². The maximum absolute atomic E-state index is 13.3. The predicted molar refractivity (Wildman–Crippen MR) is 209 cm³/mol. The number of piperidine rings is 3. The van der Waals surface area contributed by atoms with Crippen LogP contribution in [0.5, 0.6) is 5.75 Å². The summed E-state index contributed by atoms with van der Waals surface area (Å²) in [5.41, 5.74) is 2.41. The van der Waals surface area contributed by atoms with E-state index in [-0.39, 0.29) is 42.7 Å². The molecule has 0 radical (unpaired) electrons. The zero-order chi connectivity index (χ0) is 39.6. The van der Waals surface area contributed by atoms with Gasteiger partial charge in [0.05, 0.1) is 27.8 Å². The number of benzene rings is 2. The Morgan fingerprint density at radius 2 is 1.61 bits per heavy atom. The lowest BCUT2D eigenvalue weighted by Gasteiger charge is -2.38. The van der Waals surface area contributed by atoms with Gasteiger partial charge in [0.2, 0.25) is 11.8 Å². The summed E-state index contributed by atoms with van der Waals surface area (Å²) in [6.07, 6.45) is 7.41. The lowest BCUT2D eigenvalue weighted by atomic mass is 9.87. The van der Waals surface area contributed by atoms with E-state index in [1.807, 2.05) is 18.2 Å². The highest BCUT2D eigenvalue weighted by Gasteiger charge is 2.45. The Balaban J connectivity index is 0.753. The van der Waals surface area contributed by atoms with E-state index in [0.29, 0.717) is 39.1 Å². The van der Waals surface area contributed by atoms with Crippen molar-refractivity contribution >= 4 is 47.0 Å². The molecule has 4 fully saturated rings. The number of aromatic nitrogens is 2. The van der Waals surface area contributed by atoms with Crippen molar-refractivity contribution in [1.29, 1.82) is 5.26 Å². The third-order valence-corrected chi connectivity index (χ3v) is 12.5. The molecular weight excluding hydrogens is 748 g/mol.